The average Bonchev–Trinajstić information content (AvgIpc) is 2.62. The van der Waals surface area contributed by atoms with Crippen LogP contribution in [0.5, 0.6) is 0 Å². The van der Waals surface area contributed by atoms with E-state index >= 15 is 0 Å². The van der Waals surface area contributed by atoms with Crippen molar-refractivity contribution >= 4 is 14.7 Å². The van der Waals surface area contributed by atoms with Gasteiger partial charge >= 0.3 is 29.6 Å². The summed E-state index contributed by atoms with van der Waals surface area (Å²) in [6.45, 7) is 17.5. The van der Waals surface area contributed by atoms with Gasteiger partial charge in [-0.05, 0) is 61.0 Å². The molecule has 0 aliphatic rings. The molecule has 0 heterocycles. The number of aryl methyl sites for hydroxylation is 2. The number of nitrogens with two attached hydrogens (primary N) is 1. The van der Waals surface area contributed by atoms with Crippen LogP contribution in [0, 0.1) is 13.8 Å². The Labute approximate surface area is 216 Å². The first-order valence-electron chi connectivity index (χ1n) is 9.86. The van der Waals surface area contributed by atoms with Crippen molar-refractivity contribution < 1.29 is 40.9 Å². The zero-order chi connectivity index (χ0) is 23.1. The molecule has 0 saturated heterocycles. The monoisotopic (exact) mass is 437 g/mol. The topological polar surface area (TPSA) is 75.3 Å². The second-order valence-electron chi connectivity index (χ2n) is 8.98. The number of nitrogens with one attached hydrogen (secondary N) is 1. The smallest absolute Gasteiger partial charge is 1.00 e. The molecule has 4 nitrogen and oxygen atoms in total. The molecule has 2 aromatic carbocycles. The van der Waals surface area contributed by atoms with Gasteiger partial charge in [-0.2, -0.15) is 0 Å². The molecule has 0 fully saturated rings. The number of hydrogen-bond donors (Lipinski definition) is 3. The Morgan fingerprint density at radius 2 is 1.19 bits per heavy atom. The van der Waals surface area contributed by atoms with Crippen molar-refractivity contribution in [3.05, 3.63) is 70.8 Å². The van der Waals surface area contributed by atoms with Crippen LogP contribution in [0.2, 0.25) is 0 Å². The maximum absolute atomic E-state index is 10.1. The summed E-state index contributed by atoms with van der Waals surface area (Å²) in [6, 6.07) is 16.1. The first-order valence-corrected chi connectivity index (χ1v) is 9.86. The number of carbonyl (C=O) groups is 1. The molecule has 169 valence electrons. The van der Waals surface area contributed by atoms with Crippen LogP contribution in [-0.4, -0.2) is 38.0 Å². The van der Waals surface area contributed by atoms with Crippen LogP contribution < -0.4 is 40.6 Å². The Balaban J connectivity index is -0.000000113. The fourth-order valence-corrected chi connectivity index (χ4v) is 1.72. The molecule has 3 radical (unpaired) electrons. The van der Waals surface area contributed by atoms with E-state index in [0.717, 1.165) is 25.5 Å². The Bertz CT molecular complexity index is 662. The van der Waals surface area contributed by atoms with E-state index in [0.29, 0.717) is 0 Å². The van der Waals surface area contributed by atoms with Gasteiger partial charge in [0.1, 0.15) is 6.29 Å². The van der Waals surface area contributed by atoms with E-state index in [2.05, 4.69) is 57.3 Å². The van der Waals surface area contributed by atoms with Gasteiger partial charge < -0.3 is 17.6 Å². The zero-order valence-corrected chi connectivity index (χ0v) is 23.4. The predicted octanol–water partition coefficient (Wildman–Crippen LogP) is 1.78. The number of rotatable bonds is 3. The van der Waals surface area contributed by atoms with Crippen molar-refractivity contribution in [3.63, 3.8) is 0 Å². The second-order valence-corrected chi connectivity index (χ2v) is 8.98. The molecule has 0 bridgehead atoms. The van der Waals surface area contributed by atoms with Crippen molar-refractivity contribution in [1.29, 1.82) is 0 Å². The van der Waals surface area contributed by atoms with E-state index in [1.807, 2.05) is 52.0 Å². The molecule has 0 aliphatic carbocycles. The molecule has 6 heteroatoms. The van der Waals surface area contributed by atoms with Crippen LogP contribution in [0.1, 0.15) is 70.0 Å². The van der Waals surface area contributed by atoms with Crippen molar-refractivity contribution in [2.75, 3.05) is 7.11 Å². The van der Waals surface area contributed by atoms with Gasteiger partial charge in [-0.1, -0.05) is 59.7 Å². The minimum Gasteiger partial charge on any atom is -1.00 e. The van der Waals surface area contributed by atoms with Crippen molar-refractivity contribution in [2.45, 2.75) is 73.0 Å². The van der Waals surface area contributed by atoms with E-state index in [9.17, 15) is 4.79 Å². The number of carbonyl (C=O) groups excluding carboxylic acids is 1. The molecule has 2 aromatic rings. The third-order valence-corrected chi connectivity index (χ3v) is 3.16. The number of aliphatic hydroxyl groups is 1. The maximum atomic E-state index is 10.1. The second kappa shape index (κ2) is 19.7. The molecule has 0 saturated carbocycles. The van der Waals surface area contributed by atoms with Crippen LogP contribution in [0.4, 0.5) is 0 Å². The van der Waals surface area contributed by atoms with Crippen molar-refractivity contribution in [3.8, 4) is 0 Å². The summed E-state index contributed by atoms with van der Waals surface area (Å²) >= 11 is 0. The minimum atomic E-state index is 0. The van der Waals surface area contributed by atoms with Crippen LogP contribution in [-0.2, 0) is 6.54 Å². The van der Waals surface area contributed by atoms with Crippen LogP contribution in [0.25, 0.3) is 0 Å². The third kappa shape index (κ3) is 29.1. The van der Waals surface area contributed by atoms with Crippen molar-refractivity contribution in [1.82, 2.24) is 5.32 Å². The molecule has 4 N–H and O–H groups in total. The number of aliphatic hydroxyl groups excluding tert-OH is 1. The number of hydrogen-bond acceptors (Lipinski definition) is 4. The quantitative estimate of drug-likeness (QED) is 0.506. The predicted molar refractivity (Wildman–Crippen MR) is 133 cm³/mol. The summed E-state index contributed by atoms with van der Waals surface area (Å²) < 4.78 is 0. The first kappa shape index (κ1) is 37.4. The molecule has 2 rings (SSSR count). The van der Waals surface area contributed by atoms with Crippen LogP contribution in [0.3, 0.4) is 0 Å². The molecule has 0 atom stereocenters. The Morgan fingerprint density at radius 3 is 1.48 bits per heavy atom. The number of aldehydes is 1. The molecule has 0 aliphatic heterocycles. The normalized spacial score (nSPS) is 9.65. The van der Waals surface area contributed by atoms with Gasteiger partial charge in [-0.25, -0.2) is 0 Å². The van der Waals surface area contributed by atoms with Gasteiger partial charge in [0, 0.05) is 38.7 Å². The fourth-order valence-electron chi connectivity index (χ4n) is 1.72. The SMILES string of the molecule is CC(C)(C)N.CO.Cc1ccc(C=O)cc1.Cc1ccc(CNC(C)(C)C)cc1.[B].[H-].[Na+]. The third-order valence-electron chi connectivity index (χ3n) is 3.16. The van der Waals surface area contributed by atoms with E-state index in [1.165, 1.54) is 16.7 Å². The van der Waals surface area contributed by atoms with Crippen molar-refractivity contribution in [2.24, 2.45) is 5.73 Å². The Kier molecular flexibility index (Phi) is 23.8. The van der Waals surface area contributed by atoms with Gasteiger partial charge in [0.15, 0.2) is 0 Å². The van der Waals surface area contributed by atoms with E-state index in [1.54, 1.807) is 0 Å². The summed E-state index contributed by atoms with van der Waals surface area (Å²) in [5.74, 6) is 0. The molecule has 0 aromatic heterocycles. The van der Waals surface area contributed by atoms with Gasteiger partial charge in [-0.3, -0.25) is 4.79 Å². The summed E-state index contributed by atoms with van der Waals surface area (Å²) in [5, 5.41) is 10.5. The van der Waals surface area contributed by atoms with Crippen LogP contribution in [0.15, 0.2) is 48.5 Å². The van der Waals surface area contributed by atoms with E-state index in [-0.39, 0.29) is 50.5 Å². The number of benzene rings is 2. The van der Waals surface area contributed by atoms with Gasteiger partial charge in [0.05, 0.1) is 0 Å². The molecule has 31 heavy (non-hydrogen) atoms. The summed E-state index contributed by atoms with van der Waals surface area (Å²) in [5.41, 5.74) is 10.1. The molecule has 0 spiro atoms. The minimum absolute atomic E-state index is 0. The zero-order valence-electron chi connectivity index (χ0n) is 22.4. The van der Waals surface area contributed by atoms with E-state index in [4.69, 9.17) is 10.8 Å². The van der Waals surface area contributed by atoms with Gasteiger partial charge in [0.25, 0.3) is 0 Å². The van der Waals surface area contributed by atoms with Gasteiger partial charge in [0.2, 0.25) is 0 Å². The van der Waals surface area contributed by atoms with Gasteiger partial charge in [-0.15, -0.1) is 0 Å². The maximum Gasteiger partial charge on any atom is 1.00 e. The Hall–Kier alpha value is -0.945. The molecular weight excluding hydrogens is 394 g/mol. The average molecular weight is 437 g/mol. The summed E-state index contributed by atoms with van der Waals surface area (Å²) in [4.78, 5) is 10.1. The fraction of sp³-hybridized carbons (Fsp3) is 0.480. The Morgan fingerprint density at radius 1 is 0.871 bits per heavy atom. The molecule has 0 amide bonds. The summed E-state index contributed by atoms with van der Waals surface area (Å²) in [6.07, 6.45) is 0.847. The first-order chi connectivity index (χ1) is 13.3. The largest absolute Gasteiger partial charge is 1.00 e. The molecular formula is C25H43BN2NaO2. The van der Waals surface area contributed by atoms with Crippen LogP contribution >= 0.6 is 0 Å². The summed E-state index contributed by atoms with van der Waals surface area (Å²) in [7, 11) is 1.00. The van der Waals surface area contributed by atoms with E-state index < -0.39 is 0 Å². The standard InChI is InChI=1S/C12H19N.C8H8O.C4H11N.CH4O.B.Na.H/c1-10-5-7-11(8-6-10)9-13-12(2,3)4;1-7-2-4-8(6-9)5-3-7;1-4(2,3)5;1-2;;;/h5-8,13H,9H2,1-4H3;2-6H,1H3;5H2,1-3H3;2H,1H3;;;/q;;;;;+1;-1. The molecule has 0 unspecified atom stereocenters.